The predicted molar refractivity (Wildman–Crippen MR) is 96.4 cm³/mol. The maximum absolute atomic E-state index is 11.6. The topological polar surface area (TPSA) is 55.2 Å². The van der Waals surface area contributed by atoms with Gasteiger partial charge in [-0.1, -0.05) is 12.1 Å². The van der Waals surface area contributed by atoms with E-state index >= 15 is 0 Å². The molecule has 3 rings (SSSR count). The predicted octanol–water partition coefficient (Wildman–Crippen LogP) is 3.01. The Morgan fingerprint density at radius 3 is 2.12 bits per heavy atom. The number of imidazole rings is 1. The quantitative estimate of drug-likeness (QED) is 0.732. The highest BCUT2D eigenvalue weighted by Crippen LogP contribution is 2.25. The van der Waals surface area contributed by atoms with Gasteiger partial charge in [0.2, 0.25) is 0 Å². The van der Waals surface area contributed by atoms with E-state index < -0.39 is 9.84 Å². The molecule has 0 aliphatic heterocycles. The number of anilines is 1. The molecule has 0 bridgehead atoms. The van der Waals surface area contributed by atoms with Gasteiger partial charge in [-0.15, -0.1) is 0 Å². The van der Waals surface area contributed by atoms with Crippen molar-refractivity contribution < 1.29 is 8.42 Å². The minimum Gasteiger partial charge on any atom is -0.378 e. The van der Waals surface area contributed by atoms with Crippen LogP contribution in [-0.2, 0) is 9.84 Å². The van der Waals surface area contributed by atoms with E-state index in [1.807, 2.05) is 35.7 Å². The van der Waals surface area contributed by atoms with E-state index in [0.29, 0.717) is 4.90 Å². The number of rotatable bonds is 4. The fourth-order valence-electron chi connectivity index (χ4n) is 2.50. The molecule has 0 radical (unpaired) electrons. The molecule has 0 unspecified atom stereocenters. The summed E-state index contributed by atoms with van der Waals surface area (Å²) in [5, 5.41) is 0. The van der Waals surface area contributed by atoms with Crippen LogP contribution in [0.5, 0.6) is 0 Å². The van der Waals surface area contributed by atoms with Crippen LogP contribution in [0, 0.1) is 0 Å². The Bertz CT molecular complexity index is 941. The summed E-state index contributed by atoms with van der Waals surface area (Å²) in [7, 11) is 0.812. The first-order chi connectivity index (χ1) is 11.4. The number of hydrogen-bond acceptors (Lipinski definition) is 4. The van der Waals surface area contributed by atoms with Crippen molar-refractivity contribution in [3.8, 4) is 16.9 Å². The van der Waals surface area contributed by atoms with Crippen molar-refractivity contribution in [3.05, 3.63) is 61.1 Å². The van der Waals surface area contributed by atoms with Crippen molar-refractivity contribution in [2.75, 3.05) is 25.3 Å². The second-order valence-corrected chi connectivity index (χ2v) is 7.87. The van der Waals surface area contributed by atoms with E-state index in [0.717, 1.165) is 22.6 Å². The van der Waals surface area contributed by atoms with Gasteiger partial charge in [-0.25, -0.2) is 13.4 Å². The summed E-state index contributed by atoms with van der Waals surface area (Å²) in [6.45, 7) is 0. The van der Waals surface area contributed by atoms with Crippen LogP contribution in [0.4, 0.5) is 5.69 Å². The summed E-state index contributed by atoms with van der Waals surface area (Å²) >= 11 is 0. The van der Waals surface area contributed by atoms with Crippen LogP contribution >= 0.6 is 0 Å². The van der Waals surface area contributed by atoms with Crippen molar-refractivity contribution >= 4 is 15.5 Å². The maximum Gasteiger partial charge on any atom is 0.175 e. The second-order valence-electron chi connectivity index (χ2n) is 5.86. The fraction of sp³-hybridized carbons (Fsp3) is 0.167. The Hall–Kier alpha value is -2.60. The highest BCUT2D eigenvalue weighted by molar-refractivity contribution is 7.90. The van der Waals surface area contributed by atoms with Crippen LogP contribution in [0.2, 0.25) is 0 Å². The molecule has 0 fully saturated rings. The number of hydrogen-bond donors (Lipinski definition) is 0. The van der Waals surface area contributed by atoms with Crippen LogP contribution in [0.3, 0.4) is 0 Å². The van der Waals surface area contributed by atoms with Crippen molar-refractivity contribution in [2.45, 2.75) is 4.90 Å². The number of nitrogens with zero attached hydrogens (tertiary/aromatic N) is 3. The zero-order valence-electron chi connectivity index (χ0n) is 13.8. The largest absolute Gasteiger partial charge is 0.378 e. The molecular formula is C18H19N3O2S. The lowest BCUT2D eigenvalue weighted by atomic mass is 10.1. The van der Waals surface area contributed by atoms with Gasteiger partial charge >= 0.3 is 0 Å². The summed E-state index contributed by atoms with van der Waals surface area (Å²) in [6, 6.07) is 15.0. The van der Waals surface area contributed by atoms with E-state index in [2.05, 4.69) is 17.1 Å². The monoisotopic (exact) mass is 341 g/mol. The summed E-state index contributed by atoms with van der Waals surface area (Å²) in [5.74, 6) is 0. The molecule has 0 N–H and O–H groups in total. The Morgan fingerprint density at radius 2 is 1.58 bits per heavy atom. The molecule has 0 atom stereocenters. The first kappa shape index (κ1) is 16.3. The smallest absolute Gasteiger partial charge is 0.175 e. The minimum atomic E-state index is -3.19. The molecule has 0 aliphatic carbocycles. The molecule has 0 saturated heterocycles. The summed E-state index contributed by atoms with van der Waals surface area (Å²) in [4.78, 5) is 6.59. The van der Waals surface area contributed by atoms with Gasteiger partial charge in [-0.2, -0.15) is 0 Å². The summed E-state index contributed by atoms with van der Waals surface area (Å²) < 4.78 is 25.1. The SMILES string of the molecule is CN(C)c1ccc(-c2cncn2-c2ccc(S(C)(=O)=O)cc2)cc1. The lowest BCUT2D eigenvalue weighted by molar-refractivity contribution is 0.602. The van der Waals surface area contributed by atoms with E-state index in [1.54, 1.807) is 36.8 Å². The van der Waals surface area contributed by atoms with Gasteiger partial charge in [-0.3, -0.25) is 4.57 Å². The second kappa shape index (κ2) is 6.13. The molecule has 0 aliphatic rings. The Labute approximate surface area is 142 Å². The maximum atomic E-state index is 11.6. The van der Waals surface area contributed by atoms with Crippen LogP contribution in [0.15, 0.2) is 66.0 Å². The minimum absolute atomic E-state index is 0.309. The molecule has 0 saturated carbocycles. The van der Waals surface area contributed by atoms with Crippen LogP contribution in [-0.4, -0.2) is 38.3 Å². The van der Waals surface area contributed by atoms with E-state index in [9.17, 15) is 8.42 Å². The van der Waals surface area contributed by atoms with Crippen LogP contribution < -0.4 is 4.90 Å². The Morgan fingerprint density at radius 1 is 0.958 bits per heavy atom. The van der Waals surface area contributed by atoms with E-state index in [1.165, 1.54) is 6.26 Å². The molecule has 3 aromatic rings. The normalized spacial score (nSPS) is 11.5. The fourth-order valence-corrected chi connectivity index (χ4v) is 3.13. The van der Waals surface area contributed by atoms with E-state index in [-0.39, 0.29) is 0 Å². The third-order valence-corrected chi connectivity index (χ3v) is 4.99. The first-order valence-corrected chi connectivity index (χ1v) is 9.36. The van der Waals surface area contributed by atoms with Gasteiger partial charge in [0.05, 0.1) is 23.1 Å². The molecule has 1 aromatic heterocycles. The van der Waals surface area contributed by atoms with Crippen molar-refractivity contribution in [2.24, 2.45) is 0 Å². The van der Waals surface area contributed by atoms with Crippen LogP contribution in [0.25, 0.3) is 16.9 Å². The summed E-state index contributed by atoms with van der Waals surface area (Å²) in [5.41, 5.74) is 3.99. The van der Waals surface area contributed by atoms with Crippen LogP contribution in [0.1, 0.15) is 0 Å². The van der Waals surface area contributed by atoms with Gasteiger partial charge in [0, 0.05) is 37.3 Å². The molecule has 2 aromatic carbocycles. The van der Waals surface area contributed by atoms with Crippen molar-refractivity contribution in [3.63, 3.8) is 0 Å². The molecule has 6 heteroatoms. The average Bonchev–Trinajstić information content (AvgIpc) is 3.04. The molecule has 0 amide bonds. The molecule has 124 valence electrons. The van der Waals surface area contributed by atoms with Gasteiger partial charge in [-0.05, 0) is 36.4 Å². The average molecular weight is 341 g/mol. The summed E-state index contributed by atoms with van der Waals surface area (Å²) in [6.07, 6.45) is 4.73. The third-order valence-electron chi connectivity index (χ3n) is 3.86. The van der Waals surface area contributed by atoms with Gasteiger partial charge in [0.15, 0.2) is 9.84 Å². The number of aromatic nitrogens is 2. The van der Waals surface area contributed by atoms with Gasteiger partial charge in [0.1, 0.15) is 0 Å². The zero-order chi connectivity index (χ0) is 17.3. The number of benzene rings is 2. The van der Waals surface area contributed by atoms with Crippen molar-refractivity contribution in [1.29, 1.82) is 0 Å². The Balaban J connectivity index is 1.98. The van der Waals surface area contributed by atoms with E-state index in [4.69, 9.17) is 0 Å². The molecular weight excluding hydrogens is 322 g/mol. The van der Waals surface area contributed by atoms with Crippen molar-refractivity contribution in [1.82, 2.24) is 9.55 Å². The molecule has 24 heavy (non-hydrogen) atoms. The highest BCUT2D eigenvalue weighted by Gasteiger charge is 2.10. The zero-order valence-corrected chi connectivity index (χ0v) is 14.7. The van der Waals surface area contributed by atoms with Gasteiger partial charge < -0.3 is 4.90 Å². The lowest BCUT2D eigenvalue weighted by Crippen LogP contribution is -2.08. The molecule has 5 nitrogen and oxygen atoms in total. The molecule has 1 heterocycles. The highest BCUT2D eigenvalue weighted by atomic mass is 32.2. The standard InChI is InChI=1S/C18H19N3O2S/c1-20(2)15-6-4-14(5-7-15)18-12-19-13-21(18)16-8-10-17(11-9-16)24(3,22)23/h4-13H,1-3H3. The number of sulfone groups is 1. The third kappa shape index (κ3) is 3.19. The first-order valence-electron chi connectivity index (χ1n) is 7.47. The Kier molecular flexibility index (Phi) is 4.15. The van der Waals surface area contributed by atoms with Gasteiger partial charge in [0.25, 0.3) is 0 Å². The molecule has 0 spiro atoms. The lowest BCUT2D eigenvalue weighted by Gasteiger charge is -2.13.